The Balaban J connectivity index is 1.79. The van der Waals surface area contributed by atoms with E-state index in [1.54, 1.807) is 16.8 Å². The second-order valence-electron chi connectivity index (χ2n) is 4.41. The van der Waals surface area contributed by atoms with Gasteiger partial charge in [-0.2, -0.15) is 5.10 Å². The molecule has 0 atom stereocenters. The second-order valence-corrected chi connectivity index (χ2v) is 4.41. The van der Waals surface area contributed by atoms with Crippen LogP contribution >= 0.6 is 0 Å². The standard InChI is InChI=1S/C14H18FN3O/c1-18-10-11(8-17-18)5-6-16-9-12-3-4-13(19-2)7-14(12)15/h3-4,7-8,10,16H,5-6,9H2,1-2H3. The van der Waals surface area contributed by atoms with E-state index in [-0.39, 0.29) is 5.82 Å². The van der Waals surface area contributed by atoms with E-state index in [4.69, 9.17) is 4.74 Å². The number of rotatable bonds is 6. The Morgan fingerprint density at radius 3 is 2.89 bits per heavy atom. The summed E-state index contributed by atoms with van der Waals surface area (Å²) in [4.78, 5) is 0. The van der Waals surface area contributed by atoms with Gasteiger partial charge in [0.2, 0.25) is 0 Å². The van der Waals surface area contributed by atoms with Crippen molar-refractivity contribution in [3.63, 3.8) is 0 Å². The monoisotopic (exact) mass is 263 g/mol. The van der Waals surface area contributed by atoms with Crippen LogP contribution in [0.4, 0.5) is 4.39 Å². The molecule has 2 rings (SSSR count). The summed E-state index contributed by atoms with van der Waals surface area (Å²) < 4.78 is 20.4. The van der Waals surface area contributed by atoms with E-state index in [0.717, 1.165) is 13.0 Å². The van der Waals surface area contributed by atoms with Crippen LogP contribution in [0.1, 0.15) is 11.1 Å². The van der Waals surface area contributed by atoms with Crippen molar-refractivity contribution < 1.29 is 9.13 Å². The first-order chi connectivity index (χ1) is 9.19. The molecule has 4 nitrogen and oxygen atoms in total. The highest BCUT2D eigenvalue weighted by molar-refractivity contribution is 5.28. The van der Waals surface area contributed by atoms with Crippen LogP contribution in [0.2, 0.25) is 0 Å². The SMILES string of the molecule is COc1ccc(CNCCc2cnn(C)c2)c(F)c1. The molecule has 0 spiro atoms. The lowest BCUT2D eigenvalue weighted by Gasteiger charge is -2.07. The fourth-order valence-corrected chi connectivity index (χ4v) is 1.86. The Bertz CT molecular complexity index is 539. The molecule has 19 heavy (non-hydrogen) atoms. The summed E-state index contributed by atoms with van der Waals surface area (Å²) in [7, 11) is 3.42. The van der Waals surface area contributed by atoms with Crippen LogP contribution in [0.3, 0.4) is 0 Å². The van der Waals surface area contributed by atoms with Gasteiger partial charge >= 0.3 is 0 Å². The van der Waals surface area contributed by atoms with Crippen LogP contribution in [0, 0.1) is 5.82 Å². The number of aryl methyl sites for hydroxylation is 1. The maximum Gasteiger partial charge on any atom is 0.131 e. The Morgan fingerprint density at radius 1 is 1.42 bits per heavy atom. The van der Waals surface area contributed by atoms with Gasteiger partial charge in [-0.3, -0.25) is 4.68 Å². The lowest BCUT2D eigenvalue weighted by molar-refractivity contribution is 0.410. The highest BCUT2D eigenvalue weighted by Crippen LogP contribution is 2.15. The van der Waals surface area contributed by atoms with E-state index in [2.05, 4.69) is 10.4 Å². The Labute approximate surface area is 112 Å². The molecule has 1 aromatic heterocycles. The van der Waals surface area contributed by atoms with Crippen molar-refractivity contribution in [3.05, 3.63) is 47.5 Å². The lowest BCUT2D eigenvalue weighted by Crippen LogP contribution is -2.17. The molecule has 1 heterocycles. The molecule has 0 unspecified atom stereocenters. The van der Waals surface area contributed by atoms with E-state index >= 15 is 0 Å². The highest BCUT2D eigenvalue weighted by atomic mass is 19.1. The average Bonchev–Trinajstić information content (AvgIpc) is 2.82. The number of nitrogens with one attached hydrogen (secondary N) is 1. The summed E-state index contributed by atoms with van der Waals surface area (Å²) in [6.45, 7) is 1.30. The van der Waals surface area contributed by atoms with Gasteiger partial charge in [0, 0.05) is 31.4 Å². The van der Waals surface area contributed by atoms with Gasteiger partial charge in [0.05, 0.1) is 13.3 Å². The molecule has 0 saturated carbocycles. The number of nitrogens with zero attached hydrogens (tertiary/aromatic N) is 2. The first-order valence-corrected chi connectivity index (χ1v) is 6.19. The van der Waals surface area contributed by atoms with Gasteiger partial charge in [0.25, 0.3) is 0 Å². The van der Waals surface area contributed by atoms with Gasteiger partial charge in [-0.1, -0.05) is 6.07 Å². The molecule has 0 bridgehead atoms. The van der Waals surface area contributed by atoms with Crippen molar-refractivity contribution in [2.45, 2.75) is 13.0 Å². The molecule has 1 aromatic carbocycles. The van der Waals surface area contributed by atoms with Gasteiger partial charge in [-0.05, 0) is 24.6 Å². The molecule has 102 valence electrons. The summed E-state index contributed by atoms with van der Waals surface area (Å²) >= 11 is 0. The molecular formula is C14H18FN3O. The first kappa shape index (κ1) is 13.5. The van der Waals surface area contributed by atoms with Crippen LogP contribution in [0.25, 0.3) is 0 Å². The van der Waals surface area contributed by atoms with Gasteiger partial charge < -0.3 is 10.1 Å². The number of hydrogen-bond acceptors (Lipinski definition) is 3. The molecule has 0 amide bonds. The fourth-order valence-electron chi connectivity index (χ4n) is 1.86. The quantitative estimate of drug-likeness (QED) is 0.809. The highest BCUT2D eigenvalue weighted by Gasteiger charge is 2.03. The van der Waals surface area contributed by atoms with E-state index in [9.17, 15) is 4.39 Å². The predicted octanol–water partition coefficient (Wildman–Crippen LogP) is 1.90. The van der Waals surface area contributed by atoms with Gasteiger partial charge in [-0.15, -0.1) is 0 Å². The maximum absolute atomic E-state index is 13.7. The number of hydrogen-bond donors (Lipinski definition) is 1. The third-order valence-electron chi connectivity index (χ3n) is 2.92. The number of methoxy groups -OCH3 is 1. The summed E-state index contributed by atoms with van der Waals surface area (Å²) in [6, 6.07) is 4.91. The molecule has 0 aliphatic carbocycles. The molecule has 5 heteroatoms. The second kappa shape index (κ2) is 6.33. The third-order valence-corrected chi connectivity index (χ3v) is 2.92. The van der Waals surface area contributed by atoms with Crippen molar-refractivity contribution in [1.29, 1.82) is 0 Å². The minimum Gasteiger partial charge on any atom is -0.497 e. The number of ether oxygens (including phenoxy) is 1. The number of benzene rings is 1. The molecule has 0 aliphatic heterocycles. The molecule has 0 saturated heterocycles. The molecule has 0 aliphatic rings. The topological polar surface area (TPSA) is 39.1 Å². The molecular weight excluding hydrogens is 245 g/mol. The van der Waals surface area contributed by atoms with E-state index in [1.165, 1.54) is 18.7 Å². The van der Waals surface area contributed by atoms with Crippen molar-refractivity contribution in [1.82, 2.24) is 15.1 Å². The molecule has 2 aromatic rings. The lowest BCUT2D eigenvalue weighted by atomic mass is 10.2. The fraction of sp³-hybridized carbons (Fsp3) is 0.357. The van der Waals surface area contributed by atoms with Gasteiger partial charge in [-0.25, -0.2) is 4.39 Å². The molecule has 1 N–H and O–H groups in total. The molecule has 0 fully saturated rings. The Morgan fingerprint density at radius 2 is 2.26 bits per heavy atom. The maximum atomic E-state index is 13.7. The predicted molar refractivity (Wildman–Crippen MR) is 71.6 cm³/mol. The first-order valence-electron chi connectivity index (χ1n) is 6.19. The van der Waals surface area contributed by atoms with Crippen molar-refractivity contribution >= 4 is 0 Å². The number of aromatic nitrogens is 2. The van der Waals surface area contributed by atoms with Crippen LogP contribution < -0.4 is 10.1 Å². The largest absolute Gasteiger partial charge is 0.497 e. The number of halogens is 1. The van der Waals surface area contributed by atoms with Gasteiger partial charge in [0.15, 0.2) is 0 Å². The van der Waals surface area contributed by atoms with Crippen LogP contribution in [0.5, 0.6) is 5.75 Å². The van der Waals surface area contributed by atoms with Gasteiger partial charge in [0.1, 0.15) is 11.6 Å². The summed E-state index contributed by atoms with van der Waals surface area (Å²) in [6.07, 6.45) is 4.71. The van der Waals surface area contributed by atoms with Crippen LogP contribution in [-0.2, 0) is 20.0 Å². The Kier molecular flexibility index (Phi) is 4.52. The minimum absolute atomic E-state index is 0.242. The third kappa shape index (κ3) is 3.79. The van der Waals surface area contributed by atoms with Crippen LogP contribution in [0.15, 0.2) is 30.6 Å². The van der Waals surface area contributed by atoms with Crippen molar-refractivity contribution in [3.8, 4) is 5.75 Å². The average molecular weight is 263 g/mol. The Hall–Kier alpha value is -1.88. The zero-order chi connectivity index (χ0) is 13.7. The zero-order valence-electron chi connectivity index (χ0n) is 11.2. The van der Waals surface area contributed by atoms with Crippen LogP contribution in [-0.4, -0.2) is 23.4 Å². The van der Waals surface area contributed by atoms with E-state index in [0.29, 0.717) is 17.9 Å². The van der Waals surface area contributed by atoms with Crippen molar-refractivity contribution in [2.24, 2.45) is 7.05 Å². The van der Waals surface area contributed by atoms with Crippen molar-refractivity contribution in [2.75, 3.05) is 13.7 Å². The summed E-state index contributed by atoms with van der Waals surface area (Å²) in [5.74, 6) is 0.296. The summed E-state index contributed by atoms with van der Waals surface area (Å²) in [5, 5.41) is 7.32. The normalized spacial score (nSPS) is 10.7. The minimum atomic E-state index is -0.242. The summed E-state index contributed by atoms with van der Waals surface area (Å²) in [5.41, 5.74) is 1.82. The molecule has 0 radical (unpaired) electrons. The van der Waals surface area contributed by atoms with E-state index < -0.39 is 0 Å². The zero-order valence-corrected chi connectivity index (χ0v) is 11.2. The smallest absolute Gasteiger partial charge is 0.131 e. The van der Waals surface area contributed by atoms with E-state index in [1.807, 2.05) is 19.4 Å².